The van der Waals surface area contributed by atoms with Gasteiger partial charge in [0.15, 0.2) is 23.0 Å². The molecule has 1 fully saturated rings. The first kappa shape index (κ1) is 41.3. The maximum atomic E-state index is 13.8. The number of anilines is 1. The molecule has 2 atom stereocenters. The van der Waals surface area contributed by atoms with Crippen molar-refractivity contribution in [1.82, 2.24) is 31.2 Å². The number of carbonyl (C=O) groups is 5. The first-order valence-corrected chi connectivity index (χ1v) is 18.7. The minimum absolute atomic E-state index is 0.0204. The molecule has 4 aliphatic rings. The number of aromatic nitrogens is 1. The Morgan fingerprint density at radius 2 is 1.57 bits per heavy atom. The van der Waals surface area contributed by atoms with Crippen molar-refractivity contribution in [2.45, 2.75) is 52.2 Å². The van der Waals surface area contributed by atoms with Gasteiger partial charge in [-0.2, -0.15) is 0 Å². The number of benzene rings is 2. The van der Waals surface area contributed by atoms with Crippen LogP contribution in [0.5, 0.6) is 23.0 Å². The number of pyridine rings is 1. The topological polar surface area (TPSA) is 190 Å². The molecule has 0 unspecified atom stereocenters. The fourth-order valence-electron chi connectivity index (χ4n) is 6.24. The third-order valence-corrected chi connectivity index (χ3v) is 9.47. The van der Waals surface area contributed by atoms with Crippen molar-refractivity contribution in [3.63, 3.8) is 0 Å². The van der Waals surface area contributed by atoms with Crippen LogP contribution in [0.3, 0.4) is 0 Å². The van der Waals surface area contributed by atoms with Crippen LogP contribution >= 0.6 is 0 Å². The number of carbonyl (C=O) groups excluding carboxylic acids is 5. The Morgan fingerprint density at radius 1 is 0.857 bits per heavy atom. The highest BCUT2D eigenvalue weighted by molar-refractivity contribution is 5.96. The second-order valence-corrected chi connectivity index (χ2v) is 13.8. The summed E-state index contributed by atoms with van der Waals surface area (Å²) in [6.07, 6.45) is 1.83. The SMILES string of the molecule is COc1cc2ccc1Oc1ccc(cc1OC)C(=O)NCCN(C(=O)c1ccc(N3CCOCC3)nc1)CCCC(=O)N[C@H](C)C(=O)N[C@@H](C(C)C)C(=O)NC2. The first-order valence-electron chi connectivity index (χ1n) is 18.7. The molecule has 7 rings (SSSR count). The fourth-order valence-corrected chi connectivity index (χ4v) is 6.24. The molecular weight excluding hydrogens is 722 g/mol. The van der Waals surface area contributed by atoms with E-state index in [1.807, 2.05) is 13.8 Å². The lowest BCUT2D eigenvalue weighted by atomic mass is 10.0. The Kier molecular flexibility index (Phi) is 14.5. The van der Waals surface area contributed by atoms with Crippen molar-refractivity contribution < 1.29 is 42.9 Å². The molecule has 300 valence electrons. The van der Waals surface area contributed by atoms with E-state index in [-0.39, 0.29) is 50.8 Å². The Hall–Kier alpha value is -5.90. The highest BCUT2D eigenvalue weighted by Crippen LogP contribution is 2.37. The maximum Gasteiger partial charge on any atom is 0.255 e. The van der Waals surface area contributed by atoms with Crippen LogP contribution in [0.15, 0.2) is 54.7 Å². The third kappa shape index (κ3) is 10.9. The number of methoxy groups -OCH3 is 2. The quantitative estimate of drug-likeness (QED) is 0.299. The summed E-state index contributed by atoms with van der Waals surface area (Å²) in [5.41, 5.74) is 1.39. The summed E-state index contributed by atoms with van der Waals surface area (Å²) in [4.78, 5) is 74.7. The van der Waals surface area contributed by atoms with Crippen LogP contribution in [0.1, 0.15) is 59.9 Å². The predicted octanol–water partition coefficient (Wildman–Crippen LogP) is 2.66. The maximum absolute atomic E-state index is 13.8. The predicted molar refractivity (Wildman–Crippen MR) is 207 cm³/mol. The van der Waals surface area contributed by atoms with Crippen molar-refractivity contribution in [2.24, 2.45) is 5.92 Å². The van der Waals surface area contributed by atoms with Crippen LogP contribution in [-0.4, -0.2) is 112 Å². The minimum atomic E-state index is -0.927. The van der Waals surface area contributed by atoms with Gasteiger partial charge in [-0.3, -0.25) is 24.0 Å². The molecule has 2 aromatic carbocycles. The fraction of sp³-hybridized carbons (Fsp3) is 0.450. The van der Waals surface area contributed by atoms with E-state index < -0.39 is 35.7 Å². The summed E-state index contributed by atoms with van der Waals surface area (Å²) in [7, 11) is 2.96. The molecule has 5 heterocycles. The summed E-state index contributed by atoms with van der Waals surface area (Å²) in [5, 5.41) is 11.2. The zero-order valence-corrected chi connectivity index (χ0v) is 32.5. The zero-order chi connectivity index (χ0) is 40.2. The molecule has 56 heavy (non-hydrogen) atoms. The Balaban J connectivity index is 1.37. The van der Waals surface area contributed by atoms with Crippen LogP contribution in [-0.2, 0) is 25.7 Å². The van der Waals surface area contributed by atoms with Gasteiger partial charge in [0.2, 0.25) is 17.7 Å². The molecule has 1 aromatic heterocycles. The largest absolute Gasteiger partial charge is 0.493 e. The second kappa shape index (κ2) is 19.6. The van der Waals surface area contributed by atoms with Gasteiger partial charge in [-0.15, -0.1) is 0 Å². The molecule has 5 amide bonds. The molecule has 0 radical (unpaired) electrons. The van der Waals surface area contributed by atoms with Crippen LogP contribution in [0.25, 0.3) is 0 Å². The molecule has 16 heteroatoms. The van der Waals surface area contributed by atoms with Crippen molar-refractivity contribution in [3.05, 3.63) is 71.4 Å². The summed E-state index contributed by atoms with van der Waals surface area (Å²) in [6.45, 7) is 8.36. The average Bonchev–Trinajstić information content (AvgIpc) is 3.21. The van der Waals surface area contributed by atoms with E-state index in [9.17, 15) is 24.0 Å². The van der Waals surface area contributed by atoms with Gasteiger partial charge in [0.1, 0.15) is 17.9 Å². The Bertz CT molecular complexity index is 1870. The molecule has 1 saturated heterocycles. The summed E-state index contributed by atoms with van der Waals surface area (Å²) >= 11 is 0. The minimum Gasteiger partial charge on any atom is -0.493 e. The van der Waals surface area contributed by atoms with Gasteiger partial charge in [0, 0.05) is 57.4 Å². The van der Waals surface area contributed by atoms with E-state index >= 15 is 0 Å². The first-order chi connectivity index (χ1) is 27.0. The van der Waals surface area contributed by atoms with Crippen LogP contribution in [0, 0.1) is 5.92 Å². The van der Waals surface area contributed by atoms with E-state index in [2.05, 4.69) is 31.2 Å². The monoisotopic (exact) mass is 773 g/mol. The normalized spacial score (nSPS) is 19.4. The highest BCUT2D eigenvalue weighted by atomic mass is 16.5. The summed E-state index contributed by atoms with van der Waals surface area (Å²) in [5.74, 6) is -0.109. The van der Waals surface area contributed by atoms with Gasteiger partial charge in [0.05, 0.1) is 33.0 Å². The van der Waals surface area contributed by atoms with Gasteiger partial charge in [-0.1, -0.05) is 19.9 Å². The van der Waals surface area contributed by atoms with Gasteiger partial charge >= 0.3 is 0 Å². The molecule has 4 bridgehead atoms. The van der Waals surface area contributed by atoms with E-state index in [4.69, 9.17) is 18.9 Å². The third-order valence-electron chi connectivity index (χ3n) is 9.47. The lowest BCUT2D eigenvalue weighted by molar-refractivity contribution is -0.132. The molecule has 0 aliphatic carbocycles. The second-order valence-electron chi connectivity index (χ2n) is 13.8. The number of fused-ring (bicyclic) bond motifs is 2. The van der Waals surface area contributed by atoms with Crippen molar-refractivity contribution in [1.29, 1.82) is 0 Å². The van der Waals surface area contributed by atoms with Gasteiger partial charge < -0.3 is 50.0 Å². The molecular formula is C40H51N7O9. The highest BCUT2D eigenvalue weighted by Gasteiger charge is 2.27. The average molecular weight is 774 g/mol. The van der Waals surface area contributed by atoms with Crippen molar-refractivity contribution in [2.75, 3.05) is 65.1 Å². The molecule has 4 N–H and O–H groups in total. The van der Waals surface area contributed by atoms with Gasteiger partial charge in [0.25, 0.3) is 11.8 Å². The number of rotatable bonds is 5. The van der Waals surface area contributed by atoms with Crippen molar-refractivity contribution in [3.8, 4) is 23.0 Å². The van der Waals surface area contributed by atoms with E-state index in [1.54, 1.807) is 60.4 Å². The lowest BCUT2D eigenvalue weighted by Crippen LogP contribution is -2.54. The molecule has 16 nitrogen and oxygen atoms in total. The Labute approximate surface area is 326 Å². The van der Waals surface area contributed by atoms with E-state index in [1.165, 1.54) is 20.4 Å². The number of hydrogen-bond acceptors (Lipinski definition) is 11. The number of nitrogens with zero attached hydrogens (tertiary/aromatic N) is 3. The van der Waals surface area contributed by atoms with Crippen LogP contribution in [0.2, 0.25) is 0 Å². The van der Waals surface area contributed by atoms with Crippen LogP contribution in [0.4, 0.5) is 5.82 Å². The molecule has 0 spiro atoms. The number of morpholine rings is 1. The number of amides is 5. The number of nitrogens with one attached hydrogen (secondary N) is 4. The van der Waals surface area contributed by atoms with Crippen LogP contribution < -0.4 is 40.4 Å². The number of hydrogen-bond donors (Lipinski definition) is 4. The zero-order valence-electron chi connectivity index (χ0n) is 32.5. The van der Waals surface area contributed by atoms with E-state index in [0.29, 0.717) is 60.4 Å². The van der Waals surface area contributed by atoms with Crippen molar-refractivity contribution >= 4 is 35.4 Å². The number of ether oxygens (including phenoxy) is 4. The van der Waals surface area contributed by atoms with Gasteiger partial charge in [-0.05, 0) is 67.3 Å². The lowest BCUT2D eigenvalue weighted by Gasteiger charge is -2.28. The standard InChI is InChI=1S/C40H51N7O9/c1-25(2)36-39(51)43-23-27-8-11-30(32(21-27)53-4)56-31-12-9-28(22-33(31)54-5)38(50)41-14-16-47(15-6-7-35(48)44-26(3)37(49)45-36)40(52)29-10-13-34(42-24-29)46-17-19-55-20-18-46/h8-13,21-22,24-26,36H,6-7,14-20,23H2,1-5H3,(H,41,50)(H,43,51)(H,44,48)(H,45,49)/t26-,36+/m1/s1. The Morgan fingerprint density at radius 3 is 2.25 bits per heavy atom. The molecule has 3 aromatic rings. The summed E-state index contributed by atoms with van der Waals surface area (Å²) in [6, 6.07) is 11.7. The smallest absolute Gasteiger partial charge is 0.255 e. The summed E-state index contributed by atoms with van der Waals surface area (Å²) < 4.78 is 22.7. The molecule has 4 aliphatic heterocycles. The molecule has 0 saturated carbocycles. The van der Waals surface area contributed by atoms with E-state index in [0.717, 1.165) is 11.4 Å². The van der Waals surface area contributed by atoms with Gasteiger partial charge in [-0.25, -0.2) is 4.98 Å².